The summed E-state index contributed by atoms with van der Waals surface area (Å²) >= 11 is 0. The Hall–Kier alpha value is -1.14. The Kier molecular flexibility index (Phi) is 5.37. The number of benzene rings is 1. The Balaban J connectivity index is 2.68. The molecule has 96 valence electrons. The van der Waals surface area contributed by atoms with E-state index in [4.69, 9.17) is 5.73 Å². The fraction of sp³-hybridized carbons (Fsp3) is 0.455. The summed E-state index contributed by atoms with van der Waals surface area (Å²) in [6, 6.07) is 5.03. The number of hydrogen-bond donors (Lipinski definition) is 2. The van der Waals surface area contributed by atoms with E-state index in [0.29, 0.717) is 5.56 Å². The predicted octanol–water partition coefficient (Wildman–Crippen LogP) is 2.48. The first-order valence-corrected chi connectivity index (χ1v) is 5.14. The van der Waals surface area contributed by atoms with Crippen molar-refractivity contribution in [2.45, 2.75) is 18.9 Å². The van der Waals surface area contributed by atoms with Crippen molar-refractivity contribution in [3.8, 4) is 0 Å². The number of nitrogens with one attached hydrogen (secondary N) is 1. The van der Waals surface area contributed by atoms with Gasteiger partial charge in [-0.25, -0.2) is 17.6 Å². The summed E-state index contributed by atoms with van der Waals surface area (Å²) in [6.07, 6.45) is -5.00. The molecule has 0 radical (unpaired) electrons. The summed E-state index contributed by atoms with van der Waals surface area (Å²) < 4.78 is 48.6. The first-order valence-electron chi connectivity index (χ1n) is 5.14. The van der Waals surface area contributed by atoms with Crippen LogP contribution in [0.1, 0.15) is 23.6 Å². The van der Waals surface area contributed by atoms with Gasteiger partial charge in [-0.1, -0.05) is 24.3 Å². The first kappa shape index (κ1) is 13.9. The van der Waals surface area contributed by atoms with E-state index in [2.05, 4.69) is 5.32 Å². The molecule has 0 amide bonds. The minimum atomic E-state index is -2.53. The molecule has 0 heterocycles. The highest BCUT2D eigenvalue weighted by Gasteiger charge is 2.13. The van der Waals surface area contributed by atoms with Gasteiger partial charge in [0.15, 0.2) is 0 Å². The van der Waals surface area contributed by atoms with Crippen LogP contribution in [0.4, 0.5) is 17.6 Å². The molecule has 0 saturated heterocycles. The molecule has 0 bridgehead atoms. The van der Waals surface area contributed by atoms with Crippen molar-refractivity contribution in [1.82, 2.24) is 5.32 Å². The Bertz CT molecular complexity index is 327. The normalized spacial score (nSPS) is 13.4. The second-order valence-electron chi connectivity index (χ2n) is 3.55. The van der Waals surface area contributed by atoms with Gasteiger partial charge in [-0.15, -0.1) is 0 Å². The van der Waals surface area contributed by atoms with Crippen molar-refractivity contribution in [3.05, 3.63) is 35.4 Å². The molecule has 0 aromatic heterocycles. The van der Waals surface area contributed by atoms with Crippen LogP contribution >= 0.6 is 0 Å². The summed E-state index contributed by atoms with van der Waals surface area (Å²) in [5.41, 5.74) is 5.96. The lowest BCUT2D eigenvalue weighted by Crippen LogP contribution is -2.31. The molecule has 0 aliphatic heterocycles. The smallest absolute Gasteiger partial charge is 0.263 e. The Labute approximate surface area is 96.8 Å². The maximum absolute atomic E-state index is 12.3. The van der Waals surface area contributed by atoms with Crippen molar-refractivity contribution >= 4 is 0 Å². The van der Waals surface area contributed by atoms with Crippen LogP contribution in [0.15, 0.2) is 24.3 Å². The first-order chi connectivity index (χ1) is 8.04. The van der Waals surface area contributed by atoms with E-state index in [1.54, 1.807) is 0 Å². The zero-order valence-electron chi connectivity index (χ0n) is 9.04. The predicted molar refractivity (Wildman–Crippen MR) is 57.2 cm³/mol. The van der Waals surface area contributed by atoms with Gasteiger partial charge in [0.1, 0.15) is 0 Å². The van der Waals surface area contributed by atoms with E-state index in [-0.39, 0.29) is 12.1 Å². The van der Waals surface area contributed by atoms with Crippen molar-refractivity contribution in [2.24, 2.45) is 5.73 Å². The van der Waals surface area contributed by atoms with Gasteiger partial charge in [0, 0.05) is 18.2 Å². The van der Waals surface area contributed by atoms with E-state index in [1.807, 2.05) is 0 Å². The zero-order valence-corrected chi connectivity index (χ0v) is 9.04. The molecule has 2 nitrogen and oxygen atoms in total. The van der Waals surface area contributed by atoms with Crippen LogP contribution in [-0.4, -0.2) is 19.5 Å². The van der Waals surface area contributed by atoms with Gasteiger partial charge >= 0.3 is 0 Å². The van der Waals surface area contributed by atoms with E-state index in [0.717, 1.165) is 0 Å². The average Bonchev–Trinajstić information content (AvgIpc) is 2.30. The Morgan fingerprint density at radius 2 is 1.53 bits per heavy atom. The Morgan fingerprint density at radius 1 is 1.00 bits per heavy atom. The number of alkyl halides is 4. The van der Waals surface area contributed by atoms with Crippen LogP contribution in [0.5, 0.6) is 0 Å². The number of halogens is 4. The van der Waals surface area contributed by atoms with Crippen LogP contribution in [0.2, 0.25) is 0 Å². The lowest BCUT2D eigenvalue weighted by Gasteiger charge is -2.17. The molecule has 1 unspecified atom stereocenters. The number of rotatable bonds is 6. The molecule has 6 heteroatoms. The monoisotopic (exact) mass is 250 g/mol. The lowest BCUT2D eigenvalue weighted by molar-refractivity contribution is 0.141. The van der Waals surface area contributed by atoms with E-state index in [1.165, 1.54) is 24.3 Å². The molecular weight excluding hydrogens is 236 g/mol. The SMILES string of the molecule is NCC(NCC(F)F)c1ccc(C(F)F)cc1. The van der Waals surface area contributed by atoms with Gasteiger partial charge < -0.3 is 11.1 Å². The second-order valence-corrected chi connectivity index (χ2v) is 3.55. The van der Waals surface area contributed by atoms with Gasteiger partial charge in [-0.05, 0) is 5.56 Å². The third-order valence-electron chi connectivity index (χ3n) is 2.35. The standard InChI is InChI=1S/C11H14F4N2/c12-10(13)6-17-9(5-16)7-1-3-8(4-2-7)11(14)15/h1-4,9-11,17H,5-6,16H2. The molecule has 0 saturated carbocycles. The van der Waals surface area contributed by atoms with Crippen molar-refractivity contribution in [1.29, 1.82) is 0 Å². The summed E-state index contributed by atoms with van der Waals surface area (Å²) in [4.78, 5) is 0. The summed E-state index contributed by atoms with van der Waals surface area (Å²) in [7, 11) is 0. The molecule has 1 rings (SSSR count). The summed E-state index contributed by atoms with van der Waals surface area (Å²) in [5.74, 6) is 0. The molecule has 1 aromatic carbocycles. The van der Waals surface area contributed by atoms with Crippen LogP contribution in [-0.2, 0) is 0 Å². The van der Waals surface area contributed by atoms with Gasteiger partial charge in [-0.2, -0.15) is 0 Å². The summed E-state index contributed by atoms with van der Waals surface area (Å²) in [5, 5.41) is 2.57. The van der Waals surface area contributed by atoms with E-state index >= 15 is 0 Å². The fourth-order valence-electron chi connectivity index (χ4n) is 1.44. The highest BCUT2D eigenvalue weighted by atomic mass is 19.3. The van der Waals surface area contributed by atoms with Crippen LogP contribution in [0, 0.1) is 0 Å². The minimum Gasteiger partial charge on any atom is -0.329 e. The summed E-state index contributed by atoms with van der Waals surface area (Å²) in [6.45, 7) is -0.348. The topological polar surface area (TPSA) is 38.0 Å². The van der Waals surface area contributed by atoms with Crippen molar-refractivity contribution in [2.75, 3.05) is 13.1 Å². The molecular formula is C11H14F4N2. The van der Waals surface area contributed by atoms with Crippen LogP contribution in [0.25, 0.3) is 0 Å². The molecule has 3 N–H and O–H groups in total. The van der Waals surface area contributed by atoms with Crippen LogP contribution in [0.3, 0.4) is 0 Å². The quantitative estimate of drug-likeness (QED) is 0.761. The largest absolute Gasteiger partial charge is 0.329 e. The molecule has 0 aliphatic rings. The van der Waals surface area contributed by atoms with Crippen molar-refractivity contribution < 1.29 is 17.6 Å². The third-order valence-corrected chi connectivity index (χ3v) is 2.35. The highest BCUT2D eigenvalue weighted by molar-refractivity contribution is 5.26. The fourth-order valence-corrected chi connectivity index (χ4v) is 1.44. The molecule has 1 atom stereocenters. The molecule has 0 fully saturated rings. The number of nitrogens with two attached hydrogens (primary N) is 1. The second kappa shape index (κ2) is 6.56. The molecule has 17 heavy (non-hydrogen) atoms. The Morgan fingerprint density at radius 3 is 1.94 bits per heavy atom. The van der Waals surface area contributed by atoms with Gasteiger partial charge in [0.05, 0.1) is 6.54 Å². The lowest BCUT2D eigenvalue weighted by atomic mass is 10.0. The van der Waals surface area contributed by atoms with Gasteiger partial charge in [0.25, 0.3) is 12.9 Å². The zero-order chi connectivity index (χ0) is 12.8. The molecule has 0 aliphatic carbocycles. The minimum absolute atomic E-state index is 0.0987. The number of hydrogen-bond acceptors (Lipinski definition) is 2. The molecule has 1 aromatic rings. The van der Waals surface area contributed by atoms with E-state index in [9.17, 15) is 17.6 Å². The van der Waals surface area contributed by atoms with Crippen molar-refractivity contribution in [3.63, 3.8) is 0 Å². The van der Waals surface area contributed by atoms with Crippen LogP contribution < -0.4 is 11.1 Å². The maximum Gasteiger partial charge on any atom is 0.263 e. The average molecular weight is 250 g/mol. The highest BCUT2D eigenvalue weighted by Crippen LogP contribution is 2.21. The van der Waals surface area contributed by atoms with Gasteiger partial charge in [0.2, 0.25) is 0 Å². The molecule has 0 spiro atoms. The van der Waals surface area contributed by atoms with Gasteiger partial charge in [-0.3, -0.25) is 0 Å². The third kappa shape index (κ3) is 4.32. The maximum atomic E-state index is 12.3. The van der Waals surface area contributed by atoms with E-state index < -0.39 is 25.4 Å².